The zero-order valence-corrected chi connectivity index (χ0v) is 14.4. The molecule has 0 aliphatic heterocycles. The summed E-state index contributed by atoms with van der Waals surface area (Å²) in [5.74, 6) is 0.300. The Morgan fingerprint density at radius 1 is 1.08 bits per heavy atom. The second-order valence-electron chi connectivity index (χ2n) is 5.68. The van der Waals surface area contributed by atoms with E-state index in [1.54, 1.807) is 12.1 Å². The minimum absolute atomic E-state index is 0.0662. The van der Waals surface area contributed by atoms with Crippen LogP contribution in [0.1, 0.15) is 34.0 Å². The van der Waals surface area contributed by atoms with Gasteiger partial charge in [-0.05, 0) is 61.7 Å². The predicted molar refractivity (Wildman–Crippen MR) is 99.3 cm³/mol. The molecule has 0 aromatic heterocycles. The van der Waals surface area contributed by atoms with Gasteiger partial charge in [0.05, 0.1) is 6.54 Å². The molecule has 5 nitrogen and oxygen atoms in total. The van der Waals surface area contributed by atoms with Crippen molar-refractivity contribution in [1.29, 1.82) is 0 Å². The minimum Gasteiger partial charge on any atom is -0.370 e. The Morgan fingerprint density at radius 2 is 1.79 bits per heavy atom. The predicted octanol–water partition coefficient (Wildman–Crippen LogP) is 2.98. The largest absolute Gasteiger partial charge is 0.370 e. The molecule has 1 amide bonds. The van der Waals surface area contributed by atoms with E-state index in [-0.39, 0.29) is 5.91 Å². The maximum absolute atomic E-state index is 11.7. The molecule has 0 bridgehead atoms. The van der Waals surface area contributed by atoms with Crippen LogP contribution in [0.4, 0.5) is 5.69 Å². The lowest BCUT2D eigenvalue weighted by Gasteiger charge is -2.08. The standard InChI is InChI=1S/C19H24N4O/c1-4-21-18(24)16-8-6-15(7-9-16)12-22-19(20)23-17-10-5-13(2)14(3)11-17/h5-11H,4,12H2,1-3H3,(H,21,24)(H3,20,22,23). The van der Waals surface area contributed by atoms with E-state index in [0.717, 1.165) is 11.3 Å². The van der Waals surface area contributed by atoms with Crippen molar-refractivity contribution in [2.24, 2.45) is 10.7 Å². The number of guanidine groups is 1. The summed E-state index contributed by atoms with van der Waals surface area (Å²) >= 11 is 0. The molecular formula is C19H24N4O. The molecule has 0 fully saturated rings. The van der Waals surface area contributed by atoms with E-state index >= 15 is 0 Å². The molecule has 5 heteroatoms. The third-order valence-electron chi connectivity index (χ3n) is 3.76. The van der Waals surface area contributed by atoms with Crippen molar-refractivity contribution in [3.05, 3.63) is 64.7 Å². The zero-order chi connectivity index (χ0) is 17.5. The van der Waals surface area contributed by atoms with Crippen LogP contribution in [0.5, 0.6) is 0 Å². The quantitative estimate of drug-likeness (QED) is 0.584. The van der Waals surface area contributed by atoms with Gasteiger partial charge in [-0.2, -0.15) is 0 Å². The highest BCUT2D eigenvalue weighted by Gasteiger charge is 2.03. The number of aliphatic imine (C=N–C) groups is 1. The normalized spacial score (nSPS) is 11.2. The number of aryl methyl sites for hydroxylation is 2. The van der Waals surface area contributed by atoms with Crippen LogP contribution in [0, 0.1) is 13.8 Å². The maximum Gasteiger partial charge on any atom is 0.251 e. The topological polar surface area (TPSA) is 79.5 Å². The molecule has 0 radical (unpaired) electrons. The van der Waals surface area contributed by atoms with Gasteiger partial charge in [0, 0.05) is 17.8 Å². The molecule has 2 aromatic carbocycles. The molecule has 0 saturated carbocycles. The van der Waals surface area contributed by atoms with Crippen molar-refractivity contribution in [2.45, 2.75) is 27.3 Å². The number of benzene rings is 2. The van der Waals surface area contributed by atoms with E-state index in [2.05, 4.69) is 29.5 Å². The molecule has 0 unspecified atom stereocenters. The van der Waals surface area contributed by atoms with Crippen molar-refractivity contribution in [3.8, 4) is 0 Å². The number of carbonyl (C=O) groups is 1. The van der Waals surface area contributed by atoms with Crippen LogP contribution in [-0.2, 0) is 6.54 Å². The fourth-order valence-electron chi connectivity index (χ4n) is 2.21. The summed E-state index contributed by atoms with van der Waals surface area (Å²) in [6.07, 6.45) is 0. The molecule has 0 saturated heterocycles. The van der Waals surface area contributed by atoms with E-state index in [1.165, 1.54) is 11.1 Å². The lowest BCUT2D eigenvalue weighted by atomic mass is 10.1. The second kappa shape index (κ2) is 8.15. The van der Waals surface area contributed by atoms with Crippen LogP contribution in [-0.4, -0.2) is 18.4 Å². The third kappa shape index (κ3) is 4.84. The van der Waals surface area contributed by atoms with Crippen LogP contribution >= 0.6 is 0 Å². The Kier molecular flexibility index (Phi) is 5.95. The van der Waals surface area contributed by atoms with E-state index in [0.29, 0.717) is 24.6 Å². The van der Waals surface area contributed by atoms with Gasteiger partial charge in [0.2, 0.25) is 0 Å². The molecule has 0 aliphatic rings. The highest BCUT2D eigenvalue weighted by Crippen LogP contribution is 2.14. The molecule has 0 heterocycles. The summed E-state index contributed by atoms with van der Waals surface area (Å²) in [7, 11) is 0. The van der Waals surface area contributed by atoms with Crippen LogP contribution in [0.2, 0.25) is 0 Å². The maximum atomic E-state index is 11.7. The fourth-order valence-corrected chi connectivity index (χ4v) is 2.21. The Labute approximate surface area is 143 Å². The lowest BCUT2D eigenvalue weighted by molar-refractivity contribution is 0.0956. The zero-order valence-electron chi connectivity index (χ0n) is 14.4. The molecule has 0 aliphatic carbocycles. The number of carbonyl (C=O) groups excluding carboxylic acids is 1. The highest BCUT2D eigenvalue weighted by molar-refractivity contribution is 5.94. The van der Waals surface area contributed by atoms with Gasteiger partial charge in [-0.25, -0.2) is 4.99 Å². The van der Waals surface area contributed by atoms with Gasteiger partial charge >= 0.3 is 0 Å². The average Bonchev–Trinajstić information content (AvgIpc) is 2.57. The first-order valence-corrected chi connectivity index (χ1v) is 8.01. The monoisotopic (exact) mass is 324 g/mol. The smallest absolute Gasteiger partial charge is 0.251 e. The fraction of sp³-hybridized carbons (Fsp3) is 0.263. The molecular weight excluding hydrogens is 300 g/mol. The second-order valence-corrected chi connectivity index (χ2v) is 5.68. The first kappa shape index (κ1) is 17.5. The Balaban J connectivity index is 1.96. The average molecular weight is 324 g/mol. The third-order valence-corrected chi connectivity index (χ3v) is 3.76. The Morgan fingerprint density at radius 3 is 2.42 bits per heavy atom. The Hall–Kier alpha value is -2.82. The summed E-state index contributed by atoms with van der Waals surface area (Å²) in [6.45, 7) is 7.10. The molecule has 0 spiro atoms. The highest BCUT2D eigenvalue weighted by atomic mass is 16.1. The van der Waals surface area contributed by atoms with Crippen molar-refractivity contribution < 1.29 is 4.79 Å². The summed E-state index contributed by atoms with van der Waals surface area (Å²) in [5.41, 5.74) is 10.9. The first-order valence-electron chi connectivity index (χ1n) is 8.01. The van der Waals surface area contributed by atoms with Gasteiger partial charge in [-0.15, -0.1) is 0 Å². The number of nitrogens with two attached hydrogens (primary N) is 1. The van der Waals surface area contributed by atoms with Crippen LogP contribution in [0.15, 0.2) is 47.5 Å². The number of amides is 1. The van der Waals surface area contributed by atoms with Gasteiger partial charge < -0.3 is 16.4 Å². The number of hydrogen-bond donors (Lipinski definition) is 3. The van der Waals surface area contributed by atoms with Crippen molar-refractivity contribution in [2.75, 3.05) is 11.9 Å². The van der Waals surface area contributed by atoms with Crippen molar-refractivity contribution in [3.63, 3.8) is 0 Å². The van der Waals surface area contributed by atoms with Gasteiger partial charge in [0.25, 0.3) is 5.91 Å². The molecule has 2 rings (SSSR count). The molecule has 126 valence electrons. The summed E-state index contributed by atoms with van der Waals surface area (Å²) in [6, 6.07) is 13.4. The summed E-state index contributed by atoms with van der Waals surface area (Å²) in [4.78, 5) is 16.0. The van der Waals surface area contributed by atoms with E-state index in [4.69, 9.17) is 5.73 Å². The number of anilines is 1. The first-order chi connectivity index (χ1) is 11.5. The molecule has 24 heavy (non-hydrogen) atoms. The van der Waals surface area contributed by atoms with Crippen molar-refractivity contribution >= 4 is 17.6 Å². The summed E-state index contributed by atoms with van der Waals surface area (Å²) < 4.78 is 0. The number of nitrogens with zero attached hydrogens (tertiary/aromatic N) is 1. The molecule has 4 N–H and O–H groups in total. The van der Waals surface area contributed by atoms with E-state index in [9.17, 15) is 4.79 Å². The van der Waals surface area contributed by atoms with Gasteiger partial charge in [0.15, 0.2) is 5.96 Å². The van der Waals surface area contributed by atoms with Gasteiger partial charge in [-0.1, -0.05) is 18.2 Å². The van der Waals surface area contributed by atoms with E-state index < -0.39 is 0 Å². The van der Waals surface area contributed by atoms with Crippen LogP contribution in [0.25, 0.3) is 0 Å². The molecule has 0 atom stereocenters. The van der Waals surface area contributed by atoms with Gasteiger partial charge in [-0.3, -0.25) is 4.79 Å². The summed E-state index contributed by atoms with van der Waals surface area (Å²) in [5, 5.41) is 5.86. The SMILES string of the molecule is CCNC(=O)c1ccc(CN=C(N)Nc2ccc(C)c(C)c2)cc1. The number of rotatable bonds is 5. The number of nitrogens with one attached hydrogen (secondary N) is 2. The van der Waals surface area contributed by atoms with Crippen molar-refractivity contribution in [1.82, 2.24) is 5.32 Å². The van der Waals surface area contributed by atoms with Crippen LogP contribution in [0.3, 0.4) is 0 Å². The minimum atomic E-state index is -0.0662. The number of hydrogen-bond acceptors (Lipinski definition) is 2. The van der Waals surface area contributed by atoms with Gasteiger partial charge in [0.1, 0.15) is 0 Å². The van der Waals surface area contributed by atoms with Crippen LogP contribution < -0.4 is 16.4 Å². The van der Waals surface area contributed by atoms with E-state index in [1.807, 2.05) is 37.3 Å². The lowest BCUT2D eigenvalue weighted by Crippen LogP contribution is -2.23. The Bertz CT molecular complexity index is 736. The molecule has 2 aromatic rings.